The Labute approximate surface area is 121 Å². The summed E-state index contributed by atoms with van der Waals surface area (Å²) >= 11 is 0. The van der Waals surface area contributed by atoms with E-state index in [0.717, 1.165) is 17.8 Å². The monoisotopic (exact) mass is 298 g/mol. The van der Waals surface area contributed by atoms with Crippen LogP contribution in [-0.4, -0.2) is 14.9 Å². The molecule has 0 saturated heterocycles. The number of aliphatic hydroxyl groups is 1. The zero-order valence-electron chi connectivity index (χ0n) is 12.0. The summed E-state index contributed by atoms with van der Waals surface area (Å²) in [6.45, 7) is 5.54. The Balaban J connectivity index is 2.41. The van der Waals surface area contributed by atoms with Gasteiger partial charge in [0.25, 0.3) is 0 Å². The molecule has 1 heterocycles. The van der Waals surface area contributed by atoms with Crippen LogP contribution < -0.4 is 0 Å². The molecule has 1 unspecified atom stereocenters. The second-order valence-corrected chi connectivity index (χ2v) is 5.29. The molecule has 0 saturated carbocycles. The van der Waals surface area contributed by atoms with Crippen molar-refractivity contribution in [1.29, 1.82) is 0 Å². The third-order valence-corrected chi connectivity index (χ3v) is 3.23. The predicted octanol–water partition coefficient (Wildman–Crippen LogP) is 4.07. The van der Waals surface area contributed by atoms with Crippen LogP contribution >= 0.6 is 0 Å². The lowest BCUT2D eigenvalue weighted by molar-refractivity contribution is -0.137. The Bertz CT molecular complexity index is 587. The van der Waals surface area contributed by atoms with Crippen molar-refractivity contribution in [2.45, 2.75) is 39.0 Å². The van der Waals surface area contributed by atoms with Crippen LogP contribution in [0.3, 0.4) is 0 Å². The molecule has 0 radical (unpaired) electrons. The van der Waals surface area contributed by atoms with Crippen LogP contribution in [0.4, 0.5) is 13.2 Å². The van der Waals surface area contributed by atoms with Crippen molar-refractivity contribution >= 4 is 0 Å². The van der Waals surface area contributed by atoms with E-state index in [0.29, 0.717) is 11.3 Å². The van der Waals surface area contributed by atoms with Crippen LogP contribution in [0.25, 0.3) is 5.69 Å². The van der Waals surface area contributed by atoms with Gasteiger partial charge in [0.2, 0.25) is 0 Å². The van der Waals surface area contributed by atoms with Crippen molar-refractivity contribution in [3.05, 3.63) is 47.3 Å². The number of alkyl halides is 3. The lowest BCUT2D eigenvalue weighted by Crippen LogP contribution is -2.05. The lowest BCUT2D eigenvalue weighted by atomic mass is 10.0. The number of rotatable bonds is 3. The quantitative estimate of drug-likeness (QED) is 0.927. The highest BCUT2D eigenvalue weighted by atomic mass is 19.4. The highest BCUT2D eigenvalue weighted by molar-refractivity contribution is 5.37. The predicted molar refractivity (Wildman–Crippen MR) is 73.3 cm³/mol. The summed E-state index contributed by atoms with van der Waals surface area (Å²) in [5.41, 5.74) is 1.25. The smallest absolute Gasteiger partial charge is 0.389 e. The van der Waals surface area contributed by atoms with Crippen LogP contribution in [0.2, 0.25) is 0 Å². The van der Waals surface area contributed by atoms with Crippen LogP contribution in [0.1, 0.15) is 49.6 Å². The van der Waals surface area contributed by atoms with Gasteiger partial charge < -0.3 is 5.11 Å². The number of hydrogen-bond acceptors (Lipinski definition) is 2. The number of hydrogen-bond donors (Lipinski definition) is 1. The van der Waals surface area contributed by atoms with E-state index in [2.05, 4.69) is 5.10 Å². The van der Waals surface area contributed by atoms with Gasteiger partial charge in [-0.2, -0.15) is 18.3 Å². The van der Waals surface area contributed by atoms with Crippen molar-refractivity contribution in [1.82, 2.24) is 9.78 Å². The minimum absolute atomic E-state index is 0.116. The molecule has 2 aromatic rings. The number of halogens is 3. The summed E-state index contributed by atoms with van der Waals surface area (Å²) in [6.07, 6.45) is -3.37. The summed E-state index contributed by atoms with van der Waals surface area (Å²) in [6, 6.07) is 4.78. The zero-order valence-corrected chi connectivity index (χ0v) is 12.0. The molecule has 3 nitrogen and oxygen atoms in total. The van der Waals surface area contributed by atoms with E-state index in [1.165, 1.54) is 16.8 Å². The lowest BCUT2D eigenvalue weighted by Gasteiger charge is -2.07. The second kappa shape index (κ2) is 5.52. The molecule has 0 amide bonds. The third kappa shape index (κ3) is 3.26. The van der Waals surface area contributed by atoms with Crippen LogP contribution in [0, 0.1) is 0 Å². The Kier molecular flexibility index (Phi) is 4.09. The van der Waals surface area contributed by atoms with Crippen molar-refractivity contribution < 1.29 is 18.3 Å². The number of aromatic nitrogens is 2. The molecule has 0 spiro atoms. The van der Waals surface area contributed by atoms with Gasteiger partial charge in [-0.25, -0.2) is 4.68 Å². The van der Waals surface area contributed by atoms with Crippen molar-refractivity contribution in [3.8, 4) is 5.69 Å². The maximum absolute atomic E-state index is 12.5. The number of aliphatic hydroxyl groups excluding tert-OH is 1. The minimum atomic E-state index is -4.35. The molecular weight excluding hydrogens is 281 g/mol. The molecule has 1 aromatic heterocycles. The minimum Gasteiger partial charge on any atom is -0.389 e. The first kappa shape index (κ1) is 15.6. The van der Waals surface area contributed by atoms with Gasteiger partial charge in [0.15, 0.2) is 0 Å². The molecule has 6 heteroatoms. The molecule has 1 atom stereocenters. The standard InChI is InChI=1S/C15H17F3N2O/c1-9(2)14-13(10(3)21)8-20(19-14)12-6-4-11(5-7-12)15(16,17)18/h4-10,21H,1-3H3. The summed E-state index contributed by atoms with van der Waals surface area (Å²) in [4.78, 5) is 0. The zero-order chi connectivity index (χ0) is 15.8. The fourth-order valence-corrected chi connectivity index (χ4v) is 2.11. The maximum Gasteiger partial charge on any atom is 0.416 e. The average molecular weight is 298 g/mol. The molecule has 0 aliphatic carbocycles. The largest absolute Gasteiger partial charge is 0.416 e. The van der Waals surface area contributed by atoms with Gasteiger partial charge in [-0.05, 0) is 37.1 Å². The molecule has 1 aromatic carbocycles. The van der Waals surface area contributed by atoms with Gasteiger partial charge in [0, 0.05) is 11.8 Å². The molecule has 1 N–H and O–H groups in total. The summed E-state index contributed by atoms with van der Waals surface area (Å²) in [5, 5.41) is 14.1. The van der Waals surface area contributed by atoms with Crippen molar-refractivity contribution in [3.63, 3.8) is 0 Å². The average Bonchev–Trinajstić information content (AvgIpc) is 2.83. The van der Waals surface area contributed by atoms with Gasteiger partial charge in [0.1, 0.15) is 0 Å². The van der Waals surface area contributed by atoms with Crippen molar-refractivity contribution in [2.75, 3.05) is 0 Å². The van der Waals surface area contributed by atoms with E-state index in [1.807, 2.05) is 13.8 Å². The number of nitrogens with zero attached hydrogens (tertiary/aromatic N) is 2. The van der Waals surface area contributed by atoms with E-state index < -0.39 is 17.8 Å². The summed E-state index contributed by atoms with van der Waals surface area (Å²) in [5.74, 6) is 0.116. The molecule has 0 bridgehead atoms. The Morgan fingerprint density at radius 1 is 1.10 bits per heavy atom. The molecule has 0 aliphatic rings. The normalized spacial score (nSPS) is 13.7. The van der Waals surface area contributed by atoms with Crippen LogP contribution in [0.15, 0.2) is 30.5 Å². The maximum atomic E-state index is 12.5. The number of benzene rings is 1. The fraction of sp³-hybridized carbons (Fsp3) is 0.400. The Hall–Kier alpha value is -1.82. The molecule has 0 fully saturated rings. The topological polar surface area (TPSA) is 38.0 Å². The molecule has 2 rings (SSSR count). The van der Waals surface area contributed by atoms with Crippen molar-refractivity contribution in [2.24, 2.45) is 0 Å². The molecule has 114 valence electrons. The molecule has 21 heavy (non-hydrogen) atoms. The van der Waals surface area contributed by atoms with Gasteiger partial charge >= 0.3 is 6.18 Å². The SMILES string of the molecule is CC(C)c1nn(-c2ccc(C(F)(F)F)cc2)cc1C(C)O. The van der Waals surface area contributed by atoms with E-state index in [4.69, 9.17) is 0 Å². The fourth-order valence-electron chi connectivity index (χ4n) is 2.11. The Morgan fingerprint density at radius 3 is 2.05 bits per heavy atom. The third-order valence-electron chi connectivity index (χ3n) is 3.23. The Morgan fingerprint density at radius 2 is 1.67 bits per heavy atom. The highest BCUT2D eigenvalue weighted by Crippen LogP contribution is 2.30. The first-order valence-corrected chi connectivity index (χ1v) is 6.65. The van der Waals surface area contributed by atoms with Gasteiger partial charge in [-0.15, -0.1) is 0 Å². The second-order valence-electron chi connectivity index (χ2n) is 5.29. The highest BCUT2D eigenvalue weighted by Gasteiger charge is 2.30. The van der Waals surface area contributed by atoms with Gasteiger partial charge in [-0.3, -0.25) is 0 Å². The van der Waals surface area contributed by atoms with E-state index in [1.54, 1.807) is 13.1 Å². The van der Waals surface area contributed by atoms with E-state index >= 15 is 0 Å². The van der Waals surface area contributed by atoms with E-state index in [9.17, 15) is 18.3 Å². The molecular formula is C15H17F3N2O. The molecule has 0 aliphatic heterocycles. The first-order valence-electron chi connectivity index (χ1n) is 6.65. The van der Waals surface area contributed by atoms with E-state index in [-0.39, 0.29) is 5.92 Å². The van der Waals surface area contributed by atoms with Gasteiger partial charge in [-0.1, -0.05) is 13.8 Å². The summed E-state index contributed by atoms with van der Waals surface area (Å²) in [7, 11) is 0. The van der Waals surface area contributed by atoms with Crippen LogP contribution in [0.5, 0.6) is 0 Å². The van der Waals surface area contributed by atoms with Gasteiger partial charge in [0.05, 0.1) is 23.0 Å². The van der Waals surface area contributed by atoms with Crippen LogP contribution in [-0.2, 0) is 6.18 Å². The first-order chi connectivity index (χ1) is 9.70. The summed E-state index contributed by atoms with van der Waals surface area (Å²) < 4.78 is 39.1.